The van der Waals surface area contributed by atoms with Gasteiger partial charge in [0.25, 0.3) is 0 Å². The Morgan fingerprint density at radius 1 is 1.13 bits per heavy atom. The van der Waals surface area contributed by atoms with Crippen LogP contribution in [0.15, 0.2) is 17.7 Å². The number of carbonyl (C=O) groups excluding carboxylic acids is 4. The van der Waals surface area contributed by atoms with E-state index in [0.717, 1.165) is 6.42 Å². The lowest BCUT2D eigenvalue weighted by Crippen LogP contribution is -2.62. The normalized spacial score (nSPS) is 32.6. The van der Waals surface area contributed by atoms with Crippen molar-refractivity contribution in [2.24, 2.45) is 41.2 Å². The van der Waals surface area contributed by atoms with Crippen molar-refractivity contribution in [1.29, 1.82) is 0 Å². The first-order valence-electron chi connectivity index (χ1n) is 13.3. The Morgan fingerprint density at radius 3 is 2.41 bits per heavy atom. The average Bonchev–Trinajstić information content (AvgIpc) is 2.87. The standard InChI is InChI=1S/C28H36N2O9/c1-5-10(2)8-9-39-28(38)30-14-7-6-13-11(3)15-18(24(34)17(13)22(14)32)25(35)19-16(23(15)33)12(4)21(31)20(26(19)36)27(29)37/h6-7,10-12,15-16,19-21,23,31-34H,5,8-9H2,1-4H3,(H2,29,37)(H,30,38)/t10?,11-,12?,15?,16?,19?,20?,21?,23-/m0/s1. The van der Waals surface area contributed by atoms with Crippen LogP contribution in [0.25, 0.3) is 5.76 Å². The van der Waals surface area contributed by atoms with Gasteiger partial charge in [0.05, 0.1) is 36.0 Å². The number of fused-ring (bicyclic) bond motifs is 3. The number of phenols is 1. The highest BCUT2D eigenvalue weighted by atomic mass is 16.5. The molecule has 0 radical (unpaired) electrons. The molecule has 39 heavy (non-hydrogen) atoms. The first kappa shape index (κ1) is 28.6. The van der Waals surface area contributed by atoms with Gasteiger partial charge in [0.1, 0.15) is 17.4 Å². The lowest BCUT2D eigenvalue weighted by Gasteiger charge is -2.51. The fraction of sp³-hybridized carbons (Fsp3) is 0.571. The second-order valence-corrected chi connectivity index (χ2v) is 11.1. The van der Waals surface area contributed by atoms with Gasteiger partial charge in [-0.2, -0.15) is 0 Å². The van der Waals surface area contributed by atoms with E-state index >= 15 is 0 Å². The van der Waals surface area contributed by atoms with E-state index in [2.05, 4.69) is 5.32 Å². The summed E-state index contributed by atoms with van der Waals surface area (Å²) in [7, 11) is 0. The van der Waals surface area contributed by atoms with Crippen LogP contribution in [0, 0.1) is 35.5 Å². The second kappa shape index (κ2) is 10.6. The molecule has 11 heteroatoms. The molecule has 212 valence electrons. The molecule has 2 fully saturated rings. The van der Waals surface area contributed by atoms with Crippen molar-refractivity contribution in [2.75, 3.05) is 11.9 Å². The molecule has 3 aliphatic rings. The quantitative estimate of drug-likeness (QED) is 0.230. The fourth-order valence-electron chi connectivity index (χ4n) is 6.44. The fourth-order valence-corrected chi connectivity index (χ4v) is 6.44. The molecule has 11 nitrogen and oxygen atoms in total. The number of hydrogen-bond acceptors (Lipinski definition) is 9. The summed E-state index contributed by atoms with van der Waals surface area (Å²) in [4.78, 5) is 51.2. The Labute approximate surface area is 226 Å². The molecule has 0 spiro atoms. The maximum Gasteiger partial charge on any atom is 0.411 e. The van der Waals surface area contributed by atoms with E-state index in [4.69, 9.17) is 10.5 Å². The van der Waals surface area contributed by atoms with Crippen LogP contribution in [0.4, 0.5) is 10.5 Å². The number of aromatic hydroxyl groups is 1. The number of ketones is 2. The maximum absolute atomic E-state index is 13.8. The van der Waals surface area contributed by atoms with Gasteiger partial charge in [-0.3, -0.25) is 19.7 Å². The monoisotopic (exact) mass is 544 g/mol. The number of aliphatic hydroxyl groups excluding tert-OH is 3. The van der Waals surface area contributed by atoms with E-state index in [1.807, 2.05) is 13.8 Å². The summed E-state index contributed by atoms with van der Waals surface area (Å²) in [6, 6.07) is 3.00. The van der Waals surface area contributed by atoms with Crippen molar-refractivity contribution < 1.29 is 44.3 Å². The molecule has 4 rings (SSSR count). The molecule has 0 aliphatic heterocycles. The molecule has 9 atom stereocenters. The second-order valence-electron chi connectivity index (χ2n) is 11.1. The van der Waals surface area contributed by atoms with Crippen LogP contribution in [0.2, 0.25) is 0 Å². The Hall–Kier alpha value is -3.44. The van der Waals surface area contributed by atoms with Gasteiger partial charge in [-0.1, -0.05) is 40.2 Å². The van der Waals surface area contributed by atoms with Gasteiger partial charge in [0.2, 0.25) is 5.91 Å². The highest BCUT2D eigenvalue weighted by Crippen LogP contribution is 2.55. The number of phenolic OH excluding ortho intramolecular Hbond substituents is 1. The average molecular weight is 545 g/mol. The van der Waals surface area contributed by atoms with Crippen LogP contribution in [0.3, 0.4) is 0 Å². The number of nitrogens with one attached hydrogen (secondary N) is 1. The van der Waals surface area contributed by atoms with Gasteiger partial charge in [0.15, 0.2) is 11.6 Å². The molecule has 1 aromatic rings. The molecule has 3 aliphatic carbocycles. The highest BCUT2D eigenvalue weighted by molar-refractivity contribution is 6.19. The van der Waals surface area contributed by atoms with E-state index in [1.54, 1.807) is 19.9 Å². The molecule has 0 aromatic heterocycles. The third-order valence-corrected chi connectivity index (χ3v) is 8.94. The Morgan fingerprint density at radius 2 is 1.79 bits per heavy atom. The number of Topliss-reactive ketones (excluding diaryl/α,β-unsaturated/α-hetero) is 2. The molecule has 2 saturated carbocycles. The third-order valence-electron chi connectivity index (χ3n) is 8.94. The predicted molar refractivity (Wildman–Crippen MR) is 139 cm³/mol. The lowest BCUT2D eigenvalue weighted by molar-refractivity contribution is -0.164. The molecule has 0 heterocycles. The maximum atomic E-state index is 13.8. The van der Waals surface area contributed by atoms with Gasteiger partial charge in [-0.05, 0) is 35.8 Å². The first-order valence-corrected chi connectivity index (χ1v) is 13.3. The number of amides is 2. The number of hydrogen-bond donors (Lipinski definition) is 6. The minimum atomic E-state index is -1.62. The van der Waals surface area contributed by atoms with Gasteiger partial charge < -0.3 is 30.9 Å². The molecule has 1 aromatic carbocycles. The summed E-state index contributed by atoms with van der Waals surface area (Å²) in [6.07, 6.45) is -1.98. The molecular formula is C28H36N2O9. The minimum absolute atomic E-state index is 0.0546. The number of anilines is 1. The zero-order valence-corrected chi connectivity index (χ0v) is 22.4. The molecule has 7 unspecified atom stereocenters. The minimum Gasteiger partial charge on any atom is -0.507 e. The summed E-state index contributed by atoms with van der Waals surface area (Å²) in [6.45, 7) is 7.50. The number of rotatable bonds is 6. The van der Waals surface area contributed by atoms with Gasteiger partial charge in [-0.15, -0.1) is 0 Å². The Balaban J connectivity index is 1.71. The van der Waals surface area contributed by atoms with Gasteiger partial charge in [-0.25, -0.2) is 4.79 Å². The van der Waals surface area contributed by atoms with Crippen molar-refractivity contribution in [1.82, 2.24) is 0 Å². The largest absolute Gasteiger partial charge is 0.507 e. The zero-order chi connectivity index (χ0) is 28.9. The zero-order valence-electron chi connectivity index (χ0n) is 22.4. The summed E-state index contributed by atoms with van der Waals surface area (Å²) >= 11 is 0. The Bertz CT molecular complexity index is 1240. The van der Waals surface area contributed by atoms with Crippen molar-refractivity contribution in [3.05, 3.63) is 28.8 Å². The third kappa shape index (κ3) is 4.57. The van der Waals surface area contributed by atoms with E-state index < -0.39 is 82.8 Å². The van der Waals surface area contributed by atoms with E-state index in [9.17, 15) is 39.6 Å². The summed E-state index contributed by atoms with van der Waals surface area (Å²) in [5.74, 6) is -9.99. The van der Waals surface area contributed by atoms with Crippen molar-refractivity contribution in [2.45, 2.75) is 58.7 Å². The van der Waals surface area contributed by atoms with E-state index in [0.29, 0.717) is 17.9 Å². The topological polar surface area (TPSA) is 196 Å². The van der Waals surface area contributed by atoms with E-state index in [-0.39, 0.29) is 23.4 Å². The summed E-state index contributed by atoms with van der Waals surface area (Å²) < 4.78 is 5.18. The number of aliphatic hydroxyl groups is 3. The van der Waals surface area contributed by atoms with Crippen LogP contribution < -0.4 is 11.1 Å². The number of primary amides is 1. The number of carbonyl (C=O) groups is 4. The molecule has 0 bridgehead atoms. The van der Waals surface area contributed by atoms with Crippen LogP contribution in [0.1, 0.15) is 57.6 Å². The molecule has 2 amide bonds. The summed E-state index contributed by atoms with van der Waals surface area (Å²) in [5.41, 5.74) is 5.37. The van der Waals surface area contributed by atoms with Gasteiger partial charge in [0, 0.05) is 17.4 Å². The molecular weight excluding hydrogens is 508 g/mol. The van der Waals surface area contributed by atoms with Gasteiger partial charge >= 0.3 is 6.09 Å². The number of ether oxygens (including phenoxy) is 1. The number of nitrogens with two attached hydrogens (primary N) is 1. The predicted octanol–water partition coefficient (Wildman–Crippen LogP) is 2.24. The summed E-state index contributed by atoms with van der Waals surface area (Å²) in [5, 5.41) is 46.9. The SMILES string of the molecule is CCC(C)CCOC(=O)Nc1ccc2c(c1O)C(O)=C1C(=O)C3C(=O)C(C(N)=O)C(O)C(C)C3[C@@H](O)C1[C@H]2C. The van der Waals surface area contributed by atoms with Crippen LogP contribution in [-0.4, -0.2) is 62.8 Å². The van der Waals surface area contributed by atoms with Crippen LogP contribution in [-0.2, 0) is 19.1 Å². The first-order chi connectivity index (χ1) is 18.3. The van der Waals surface area contributed by atoms with Crippen LogP contribution in [0.5, 0.6) is 5.75 Å². The van der Waals surface area contributed by atoms with Crippen molar-refractivity contribution in [3.8, 4) is 5.75 Å². The molecule has 7 N–H and O–H groups in total. The molecule has 0 saturated heterocycles. The van der Waals surface area contributed by atoms with Crippen LogP contribution >= 0.6 is 0 Å². The smallest absolute Gasteiger partial charge is 0.411 e. The van der Waals surface area contributed by atoms with Crippen molar-refractivity contribution in [3.63, 3.8) is 0 Å². The number of benzene rings is 1. The lowest BCUT2D eigenvalue weighted by atomic mass is 9.53. The van der Waals surface area contributed by atoms with E-state index in [1.165, 1.54) is 6.07 Å². The van der Waals surface area contributed by atoms with Crippen molar-refractivity contribution >= 4 is 35.0 Å². The Kier molecular flexibility index (Phi) is 7.77. The highest BCUT2D eigenvalue weighted by Gasteiger charge is 2.61.